The van der Waals surface area contributed by atoms with Crippen molar-refractivity contribution < 1.29 is 14.0 Å². The summed E-state index contributed by atoms with van der Waals surface area (Å²) in [5.74, 6) is 0. The Morgan fingerprint density at radius 3 is 1.82 bits per heavy atom. The molecule has 5 nitrogen and oxygen atoms in total. The molecule has 0 atom stereocenters. The Labute approximate surface area is 227 Å². The first-order valence-electron chi connectivity index (χ1n) is 13.3. The maximum absolute atomic E-state index is 6.19. The van der Waals surface area contributed by atoms with E-state index in [4.69, 9.17) is 25.5 Å². The number of hydrogen-bond donors (Lipinski definition) is 2. The van der Waals surface area contributed by atoms with Crippen molar-refractivity contribution in [2.45, 2.75) is 13.0 Å². The summed E-state index contributed by atoms with van der Waals surface area (Å²) in [5.41, 5.74) is 18.3. The van der Waals surface area contributed by atoms with E-state index in [0.717, 1.165) is 33.8 Å². The molecule has 7 heteroatoms. The van der Waals surface area contributed by atoms with Gasteiger partial charge in [0.05, 0.1) is 13.2 Å². The van der Waals surface area contributed by atoms with Crippen LogP contribution in [0.2, 0.25) is 0 Å². The Kier molecular flexibility index (Phi) is 11.2. The summed E-state index contributed by atoms with van der Waals surface area (Å²) in [5, 5.41) is 0. The summed E-state index contributed by atoms with van der Waals surface area (Å²) in [6.07, 6.45) is 0.789. The van der Waals surface area contributed by atoms with E-state index < -0.39 is 0 Å². The van der Waals surface area contributed by atoms with E-state index in [-0.39, 0.29) is 13.8 Å². The SMILES string of the molecule is NCCOB(c1ccccc1)c1cccc(COCCc2ccccc2B(OCCN)c2ccccc2)c1. The lowest BCUT2D eigenvalue weighted by Crippen LogP contribution is -2.47. The van der Waals surface area contributed by atoms with E-state index in [1.54, 1.807) is 0 Å². The Morgan fingerprint density at radius 2 is 1.13 bits per heavy atom. The van der Waals surface area contributed by atoms with E-state index in [1.807, 2.05) is 36.4 Å². The Bertz CT molecular complexity index is 1230. The summed E-state index contributed by atoms with van der Waals surface area (Å²) in [6.45, 7) is 2.78. The molecule has 0 saturated heterocycles. The quantitative estimate of drug-likeness (QED) is 0.189. The van der Waals surface area contributed by atoms with Crippen LogP contribution >= 0.6 is 0 Å². The Morgan fingerprint density at radius 1 is 0.553 bits per heavy atom. The molecule has 4 aromatic rings. The zero-order chi connectivity index (χ0) is 26.4. The van der Waals surface area contributed by atoms with Crippen LogP contribution < -0.4 is 33.3 Å². The van der Waals surface area contributed by atoms with Gasteiger partial charge in [-0.3, -0.25) is 0 Å². The van der Waals surface area contributed by atoms with Gasteiger partial charge in [0.2, 0.25) is 0 Å². The van der Waals surface area contributed by atoms with E-state index in [9.17, 15) is 0 Å². The molecule has 0 saturated carbocycles. The molecule has 4 aromatic carbocycles. The van der Waals surface area contributed by atoms with Crippen LogP contribution in [0.4, 0.5) is 0 Å². The molecule has 0 spiro atoms. The minimum atomic E-state index is -0.157. The zero-order valence-corrected chi connectivity index (χ0v) is 21.9. The van der Waals surface area contributed by atoms with E-state index in [1.165, 1.54) is 5.56 Å². The van der Waals surface area contributed by atoms with Gasteiger partial charge in [-0.25, -0.2) is 0 Å². The predicted molar refractivity (Wildman–Crippen MR) is 159 cm³/mol. The summed E-state index contributed by atoms with van der Waals surface area (Å²) in [7, 11) is 0. The standard InChI is InChI=1S/C31H36B2N2O3/c34-19-22-37-32(28-12-3-1-4-13-28)30-16-9-10-26(24-30)25-36-21-18-27-11-7-8-17-31(27)33(38-23-20-35)29-14-5-2-6-15-29/h1-17,24H,18-23,25,34-35H2. The Hall–Kier alpha value is -3.19. The molecule has 0 aliphatic heterocycles. The molecule has 0 bridgehead atoms. The van der Waals surface area contributed by atoms with Crippen molar-refractivity contribution in [3.05, 3.63) is 120 Å². The first-order chi connectivity index (χ1) is 18.8. The second kappa shape index (κ2) is 15.3. The molecule has 38 heavy (non-hydrogen) atoms. The molecule has 0 aliphatic carbocycles. The number of ether oxygens (including phenoxy) is 1. The minimum absolute atomic E-state index is 0.156. The molecule has 194 valence electrons. The molecule has 0 heterocycles. The lowest BCUT2D eigenvalue weighted by molar-refractivity contribution is 0.124. The van der Waals surface area contributed by atoms with Crippen molar-refractivity contribution >= 4 is 35.7 Å². The van der Waals surface area contributed by atoms with E-state index in [2.05, 4.69) is 72.8 Å². The number of rotatable bonds is 15. The highest BCUT2D eigenvalue weighted by atomic mass is 16.5. The third-order valence-corrected chi connectivity index (χ3v) is 6.39. The van der Waals surface area contributed by atoms with Crippen LogP contribution in [0.5, 0.6) is 0 Å². The van der Waals surface area contributed by atoms with Crippen LogP contribution in [0.1, 0.15) is 11.1 Å². The van der Waals surface area contributed by atoms with Gasteiger partial charge < -0.3 is 25.5 Å². The molecule has 0 aliphatic rings. The van der Waals surface area contributed by atoms with Crippen LogP contribution in [-0.4, -0.2) is 46.7 Å². The van der Waals surface area contributed by atoms with Gasteiger partial charge in [-0.15, -0.1) is 0 Å². The molecule has 0 aromatic heterocycles. The second-order valence-electron chi connectivity index (χ2n) is 9.15. The van der Waals surface area contributed by atoms with Gasteiger partial charge in [-0.1, -0.05) is 109 Å². The Balaban J connectivity index is 1.41. The van der Waals surface area contributed by atoms with Gasteiger partial charge in [0.15, 0.2) is 0 Å². The number of benzene rings is 4. The summed E-state index contributed by atoms with van der Waals surface area (Å²) < 4.78 is 18.5. The van der Waals surface area contributed by atoms with Crippen LogP contribution in [0.25, 0.3) is 0 Å². The van der Waals surface area contributed by atoms with E-state index in [0.29, 0.717) is 39.5 Å². The monoisotopic (exact) mass is 506 g/mol. The van der Waals surface area contributed by atoms with Crippen molar-refractivity contribution in [2.24, 2.45) is 11.5 Å². The first-order valence-corrected chi connectivity index (χ1v) is 13.3. The highest BCUT2D eigenvalue weighted by molar-refractivity contribution is 6.80. The fourth-order valence-electron chi connectivity index (χ4n) is 4.61. The lowest BCUT2D eigenvalue weighted by Gasteiger charge is -2.18. The molecular weight excluding hydrogens is 470 g/mol. The smallest absolute Gasteiger partial charge is 0.361 e. The average Bonchev–Trinajstić information content (AvgIpc) is 2.98. The van der Waals surface area contributed by atoms with Gasteiger partial charge in [0.25, 0.3) is 0 Å². The van der Waals surface area contributed by atoms with E-state index >= 15 is 0 Å². The molecular formula is C31H36B2N2O3. The topological polar surface area (TPSA) is 79.7 Å². The van der Waals surface area contributed by atoms with Crippen molar-refractivity contribution in [3.8, 4) is 0 Å². The van der Waals surface area contributed by atoms with Crippen molar-refractivity contribution in [1.82, 2.24) is 0 Å². The largest absolute Gasteiger partial charge is 0.426 e. The van der Waals surface area contributed by atoms with Crippen LogP contribution in [0.15, 0.2) is 109 Å². The van der Waals surface area contributed by atoms with Crippen molar-refractivity contribution in [3.63, 3.8) is 0 Å². The van der Waals surface area contributed by atoms with Gasteiger partial charge in [-0.05, 0) is 39.4 Å². The summed E-state index contributed by atoms with van der Waals surface area (Å²) in [6, 6.07) is 37.4. The highest BCUT2D eigenvalue weighted by Gasteiger charge is 2.24. The maximum atomic E-state index is 6.19. The second-order valence-corrected chi connectivity index (χ2v) is 9.15. The molecule has 4 N–H and O–H groups in total. The molecule has 0 fully saturated rings. The third-order valence-electron chi connectivity index (χ3n) is 6.39. The average molecular weight is 506 g/mol. The predicted octanol–water partition coefficient (Wildman–Crippen LogP) is 1.61. The fraction of sp³-hybridized carbons (Fsp3) is 0.226. The third kappa shape index (κ3) is 7.90. The van der Waals surface area contributed by atoms with Crippen molar-refractivity contribution in [2.75, 3.05) is 32.9 Å². The minimum Gasteiger partial charge on any atom is -0.426 e. The molecule has 4 rings (SSSR count). The molecule has 0 amide bonds. The first kappa shape index (κ1) is 27.8. The lowest BCUT2D eigenvalue weighted by atomic mass is 9.54. The maximum Gasteiger partial charge on any atom is 0.361 e. The van der Waals surface area contributed by atoms with Crippen LogP contribution in [0.3, 0.4) is 0 Å². The van der Waals surface area contributed by atoms with Gasteiger partial charge >= 0.3 is 13.8 Å². The number of nitrogens with two attached hydrogens (primary N) is 2. The van der Waals surface area contributed by atoms with Gasteiger partial charge in [0, 0.05) is 26.3 Å². The van der Waals surface area contributed by atoms with Crippen LogP contribution in [-0.2, 0) is 27.1 Å². The van der Waals surface area contributed by atoms with Gasteiger partial charge in [0.1, 0.15) is 0 Å². The fourth-order valence-corrected chi connectivity index (χ4v) is 4.61. The van der Waals surface area contributed by atoms with Crippen molar-refractivity contribution in [1.29, 1.82) is 0 Å². The highest BCUT2D eigenvalue weighted by Crippen LogP contribution is 2.06. The zero-order valence-electron chi connectivity index (χ0n) is 21.9. The van der Waals surface area contributed by atoms with Crippen LogP contribution in [0, 0.1) is 0 Å². The normalized spacial score (nSPS) is 10.9. The molecule has 0 radical (unpaired) electrons. The number of hydrogen-bond acceptors (Lipinski definition) is 5. The summed E-state index contributed by atoms with van der Waals surface area (Å²) >= 11 is 0. The summed E-state index contributed by atoms with van der Waals surface area (Å²) in [4.78, 5) is 0. The van der Waals surface area contributed by atoms with Gasteiger partial charge in [-0.2, -0.15) is 0 Å². The molecule has 0 unspecified atom stereocenters.